The number of benzene rings is 2. The summed E-state index contributed by atoms with van der Waals surface area (Å²) in [5.41, 5.74) is 1.66. The molecular weight excluding hydrogens is 236 g/mol. The van der Waals surface area contributed by atoms with Gasteiger partial charge in [-0.15, -0.1) is 0 Å². The minimum atomic E-state index is 0.308. The topological polar surface area (TPSA) is 56.8 Å². The van der Waals surface area contributed by atoms with Crippen LogP contribution in [-0.4, -0.2) is 0 Å². The van der Waals surface area contributed by atoms with E-state index in [2.05, 4.69) is 6.58 Å². The summed E-state index contributed by atoms with van der Waals surface area (Å²) in [6.45, 7) is 3.68. The molecule has 0 spiro atoms. The van der Waals surface area contributed by atoms with Gasteiger partial charge in [0.1, 0.15) is 23.6 Å². The first-order valence-electron chi connectivity index (χ1n) is 5.61. The molecule has 0 aliphatic rings. The summed E-state index contributed by atoms with van der Waals surface area (Å²) in [6.07, 6.45) is 1.75. The Kier molecular flexibility index (Phi) is 3.61. The van der Waals surface area contributed by atoms with E-state index in [0.29, 0.717) is 22.6 Å². The molecule has 0 unspecified atom stereocenters. The standard InChI is InChI=1S/C16H10N2O/c1-2-12-3-6-15(7-4-12)19-16-8-5-13(10-17)14(9-16)11-18/h2-9H,1H2. The first-order chi connectivity index (χ1) is 9.26. The van der Waals surface area contributed by atoms with Gasteiger partial charge in [0.05, 0.1) is 11.1 Å². The zero-order valence-electron chi connectivity index (χ0n) is 10.1. The number of nitriles is 2. The molecule has 0 bridgehead atoms. The van der Waals surface area contributed by atoms with Crippen molar-refractivity contribution in [1.29, 1.82) is 10.5 Å². The first-order valence-corrected chi connectivity index (χ1v) is 5.61. The van der Waals surface area contributed by atoms with Crippen molar-refractivity contribution in [3.63, 3.8) is 0 Å². The number of ether oxygens (including phenoxy) is 1. The molecular formula is C16H10N2O. The SMILES string of the molecule is C=Cc1ccc(Oc2ccc(C#N)c(C#N)c2)cc1. The van der Waals surface area contributed by atoms with Gasteiger partial charge in [0.25, 0.3) is 0 Å². The van der Waals surface area contributed by atoms with E-state index in [1.807, 2.05) is 36.4 Å². The maximum absolute atomic E-state index is 8.94. The largest absolute Gasteiger partial charge is 0.457 e. The predicted octanol–water partition coefficient (Wildman–Crippen LogP) is 3.87. The van der Waals surface area contributed by atoms with Gasteiger partial charge in [-0.3, -0.25) is 0 Å². The van der Waals surface area contributed by atoms with Gasteiger partial charge in [0.2, 0.25) is 0 Å². The summed E-state index contributed by atoms with van der Waals surface area (Å²) in [4.78, 5) is 0. The molecule has 0 heterocycles. The van der Waals surface area contributed by atoms with Crippen LogP contribution in [0, 0.1) is 22.7 Å². The maximum Gasteiger partial charge on any atom is 0.128 e. The summed E-state index contributed by atoms with van der Waals surface area (Å²) >= 11 is 0. The van der Waals surface area contributed by atoms with E-state index in [1.165, 1.54) is 0 Å². The molecule has 0 fully saturated rings. The Bertz CT molecular complexity index is 688. The van der Waals surface area contributed by atoms with Gasteiger partial charge >= 0.3 is 0 Å². The van der Waals surface area contributed by atoms with Gasteiger partial charge in [-0.2, -0.15) is 10.5 Å². The van der Waals surface area contributed by atoms with Crippen LogP contribution in [0.3, 0.4) is 0 Å². The molecule has 0 saturated heterocycles. The zero-order valence-corrected chi connectivity index (χ0v) is 10.1. The molecule has 2 rings (SSSR count). The van der Waals surface area contributed by atoms with Crippen molar-refractivity contribution in [2.24, 2.45) is 0 Å². The molecule has 90 valence electrons. The van der Waals surface area contributed by atoms with Crippen LogP contribution in [0.2, 0.25) is 0 Å². The second-order valence-corrected chi connectivity index (χ2v) is 3.81. The number of hydrogen-bond donors (Lipinski definition) is 0. The second-order valence-electron chi connectivity index (χ2n) is 3.81. The molecule has 0 N–H and O–H groups in total. The average molecular weight is 246 g/mol. The quantitative estimate of drug-likeness (QED) is 0.826. The van der Waals surface area contributed by atoms with Crippen LogP contribution in [0.15, 0.2) is 49.0 Å². The van der Waals surface area contributed by atoms with Gasteiger partial charge in [-0.05, 0) is 35.9 Å². The monoisotopic (exact) mass is 246 g/mol. The van der Waals surface area contributed by atoms with E-state index in [9.17, 15) is 0 Å². The third-order valence-corrected chi connectivity index (χ3v) is 2.58. The van der Waals surface area contributed by atoms with Crippen molar-refractivity contribution < 1.29 is 4.74 Å². The fourth-order valence-electron chi connectivity index (χ4n) is 1.58. The molecule has 0 aliphatic carbocycles. The van der Waals surface area contributed by atoms with Crippen molar-refractivity contribution in [2.75, 3.05) is 0 Å². The summed E-state index contributed by atoms with van der Waals surface area (Å²) in [6, 6.07) is 16.2. The molecule has 3 heteroatoms. The van der Waals surface area contributed by atoms with Gasteiger partial charge < -0.3 is 4.74 Å². The number of hydrogen-bond acceptors (Lipinski definition) is 3. The molecule has 2 aromatic carbocycles. The highest BCUT2D eigenvalue weighted by Gasteiger charge is 2.04. The Labute approximate surface area is 111 Å². The van der Waals surface area contributed by atoms with E-state index < -0.39 is 0 Å². The fraction of sp³-hybridized carbons (Fsp3) is 0. The third-order valence-electron chi connectivity index (χ3n) is 2.58. The molecule has 2 aromatic rings. The van der Waals surface area contributed by atoms with Gasteiger partial charge in [0, 0.05) is 0 Å². The smallest absolute Gasteiger partial charge is 0.128 e. The molecule has 0 amide bonds. The lowest BCUT2D eigenvalue weighted by Crippen LogP contribution is -1.88. The van der Waals surface area contributed by atoms with Gasteiger partial charge in [0.15, 0.2) is 0 Å². The van der Waals surface area contributed by atoms with E-state index in [-0.39, 0.29) is 0 Å². The van der Waals surface area contributed by atoms with Crippen molar-refractivity contribution in [3.05, 3.63) is 65.7 Å². The lowest BCUT2D eigenvalue weighted by Gasteiger charge is -2.06. The highest BCUT2D eigenvalue weighted by atomic mass is 16.5. The van der Waals surface area contributed by atoms with Crippen molar-refractivity contribution in [2.45, 2.75) is 0 Å². The Morgan fingerprint density at radius 2 is 1.53 bits per heavy atom. The lowest BCUT2D eigenvalue weighted by atomic mass is 10.1. The highest BCUT2D eigenvalue weighted by Crippen LogP contribution is 2.24. The number of rotatable bonds is 3. The van der Waals surface area contributed by atoms with Crippen LogP contribution >= 0.6 is 0 Å². The third kappa shape index (κ3) is 2.80. The molecule has 19 heavy (non-hydrogen) atoms. The lowest BCUT2D eigenvalue weighted by molar-refractivity contribution is 0.482. The Morgan fingerprint density at radius 1 is 0.895 bits per heavy atom. The summed E-state index contributed by atoms with van der Waals surface area (Å²) < 4.78 is 5.63. The highest BCUT2D eigenvalue weighted by molar-refractivity contribution is 5.51. The Hall–Kier alpha value is -3.04. The van der Waals surface area contributed by atoms with Crippen LogP contribution in [-0.2, 0) is 0 Å². The van der Waals surface area contributed by atoms with Crippen LogP contribution in [0.1, 0.15) is 16.7 Å². The summed E-state index contributed by atoms with van der Waals surface area (Å²) in [5.74, 6) is 1.20. The molecule has 3 nitrogen and oxygen atoms in total. The molecule has 0 aliphatic heterocycles. The second kappa shape index (κ2) is 5.53. The zero-order chi connectivity index (χ0) is 13.7. The van der Waals surface area contributed by atoms with E-state index >= 15 is 0 Å². The van der Waals surface area contributed by atoms with Crippen molar-refractivity contribution in [3.8, 4) is 23.6 Å². The Balaban J connectivity index is 2.26. The maximum atomic E-state index is 8.94. The molecule has 0 radical (unpaired) electrons. The normalized spacial score (nSPS) is 9.16. The van der Waals surface area contributed by atoms with Gasteiger partial charge in [-0.1, -0.05) is 24.8 Å². The molecule has 0 atom stereocenters. The molecule has 0 aromatic heterocycles. The molecule has 0 saturated carbocycles. The number of nitrogens with zero attached hydrogens (tertiary/aromatic N) is 2. The van der Waals surface area contributed by atoms with E-state index in [1.54, 1.807) is 24.3 Å². The first kappa shape index (κ1) is 12.4. The van der Waals surface area contributed by atoms with Crippen LogP contribution in [0.5, 0.6) is 11.5 Å². The summed E-state index contributed by atoms with van der Waals surface area (Å²) in [5, 5.41) is 17.8. The summed E-state index contributed by atoms with van der Waals surface area (Å²) in [7, 11) is 0. The van der Waals surface area contributed by atoms with Crippen LogP contribution < -0.4 is 4.74 Å². The minimum Gasteiger partial charge on any atom is -0.457 e. The van der Waals surface area contributed by atoms with Crippen LogP contribution in [0.25, 0.3) is 6.08 Å². The average Bonchev–Trinajstić information content (AvgIpc) is 2.48. The van der Waals surface area contributed by atoms with E-state index in [0.717, 1.165) is 5.56 Å². The Morgan fingerprint density at radius 3 is 2.11 bits per heavy atom. The van der Waals surface area contributed by atoms with E-state index in [4.69, 9.17) is 15.3 Å². The van der Waals surface area contributed by atoms with Crippen molar-refractivity contribution >= 4 is 6.08 Å². The van der Waals surface area contributed by atoms with Crippen LogP contribution in [0.4, 0.5) is 0 Å². The van der Waals surface area contributed by atoms with Crippen molar-refractivity contribution in [1.82, 2.24) is 0 Å². The van der Waals surface area contributed by atoms with Gasteiger partial charge in [-0.25, -0.2) is 0 Å². The predicted molar refractivity (Wildman–Crippen MR) is 72.5 cm³/mol. The minimum absolute atomic E-state index is 0.308. The fourth-order valence-corrected chi connectivity index (χ4v) is 1.58.